The molecule has 1 saturated heterocycles. The number of hydrogen-bond acceptors (Lipinski definition) is 2. The summed E-state index contributed by atoms with van der Waals surface area (Å²) < 4.78 is 37.5. The largest absolute Gasteiger partial charge is 0.416 e. The monoisotopic (exact) mass is 286 g/mol. The number of likely N-dealkylation sites (tertiary alicyclic amines) is 1. The van der Waals surface area contributed by atoms with E-state index < -0.39 is 11.7 Å². The first kappa shape index (κ1) is 15.3. The molecule has 2 rings (SSSR count). The van der Waals surface area contributed by atoms with Gasteiger partial charge in [-0.25, -0.2) is 0 Å². The van der Waals surface area contributed by atoms with Gasteiger partial charge in [0.1, 0.15) is 0 Å². The molecule has 1 aromatic carbocycles. The third kappa shape index (κ3) is 3.52. The van der Waals surface area contributed by atoms with Crippen molar-refractivity contribution in [2.75, 3.05) is 19.6 Å². The van der Waals surface area contributed by atoms with Crippen molar-refractivity contribution in [3.63, 3.8) is 0 Å². The van der Waals surface area contributed by atoms with Crippen LogP contribution >= 0.6 is 0 Å². The minimum atomic E-state index is -4.29. The average Bonchev–Trinajstić information content (AvgIpc) is 2.67. The fourth-order valence-electron chi connectivity index (χ4n) is 2.70. The molecule has 20 heavy (non-hydrogen) atoms. The number of benzene rings is 1. The fraction of sp³-hybridized carbons (Fsp3) is 0.600. The molecule has 0 aromatic heterocycles. The summed E-state index contributed by atoms with van der Waals surface area (Å²) in [6.07, 6.45) is -4.29. The molecule has 1 fully saturated rings. The molecule has 2 N–H and O–H groups in total. The Kier molecular flexibility index (Phi) is 4.39. The highest BCUT2D eigenvalue weighted by atomic mass is 19.4. The van der Waals surface area contributed by atoms with E-state index >= 15 is 0 Å². The molecule has 2 nitrogen and oxygen atoms in total. The predicted octanol–water partition coefficient (Wildman–Crippen LogP) is 3.29. The van der Waals surface area contributed by atoms with E-state index in [-0.39, 0.29) is 6.04 Å². The molecule has 1 aliphatic heterocycles. The molecule has 3 unspecified atom stereocenters. The minimum absolute atomic E-state index is 0.241. The second-order valence-electron chi connectivity index (χ2n) is 5.90. The van der Waals surface area contributed by atoms with Crippen molar-refractivity contribution in [3.05, 3.63) is 35.4 Å². The zero-order valence-electron chi connectivity index (χ0n) is 11.8. The van der Waals surface area contributed by atoms with Crippen LogP contribution in [0.1, 0.15) is 31.0 Å². The Hall–Kier alpha value is -1.07. The first-order chi connectivity index (χ1) is 9.27. The molecule has 0 aliphatic carbocycles. The zero-order chi connectivity index (χ0) is 14.9. The van der Waals surface area contributed by atoms with Crippen molar-refractivity contribution in [3.8, 4) is 0 Å². The van der Waals surface area contributed by atoms with E-state index in [0.29, 0.717) is 18.4 Å². The Morgan fingerprint density at radius 2 is 1.65 bits per heavy atom. The SMILES string of the molecule is CC1CN(CC(N)c2ccc(C(F)(F)F)cc2)CC1C. The zero-order valence-corrected chi connectivity index (χ0v) is 11.8. The highest BCUT2D eigenvalue weighted by Gasteiger charge is 2.30. The van der Waals surface area contributed by atoms with E-state index in [1.165, 1.54) is 12.1 Å². The summed E-state index contributed by atoms with van der Waals surface area (Å²) in [5, 5.41) is 0. The van der Waals surface area contributed by atoms with Crippen LogP contribution in [0, 0.1) is 11.8 Å². The summed E-state index contributed by atoms with van der Waals surface area (Å²) in [4.78, 5) is 2.29. The van der Waals surface area contributed by atoms with Crippen LogP contribution in [-0.4, -0.2) is 24.5 Å². The molecule has 5 heteroatoms. The maximum absolute atomic E-state index is 12.5. The Labute approximate surface area is 117 Å². The van der Waals surface area contributed by atoms with Crippen LogP contribution in [0.5, 0.6) is 0 Å². The van der Waals surface area contributed by atoms with Crippen molar-refractivity contribution in [1.29, 1.82) is 0 Å². The molecule has 0 spiro atoms. The van der Waals surface area contributed by atoms with Gasteiger partial charge in [-0.3, -0.25) is 0 Å². The second-order valence-corrected chi connectivity index (χ2v) is 5.90. The lowest BCUT2D eigenvalue weighted by atomic mass is 10.0. The van der Waals surface area contributed by atoms with Crippen molar-refractivity contribution >= 4 is 0 Å². The molecule has 1 aromatic rings. The van der Waals surface area contributed by atoms with E-state index in [1.807, 2.05) is 0 Å². The maximum Gasteiger partial charge on any atom is 0.416 e. The fourth-order valence-corrected chi connectivity index (χ4v) is 2.70. The maximum atomic E-state index is 12.5. The van der Waals surface area contributed by atoms with Crippen molar-refractivity contribution in [1.82, 2.24) is 4.90 Å². The van der Waals surface area contributed by atoms with Gasteiger partial charge in [-0.05, 0) is 29.5 Å². The topological polar surface area (TPSA) is 29.3 Å². The molecular weight excluding hydrogens is 265 g/mol. The summed E-state index contributed by atoms with van der Waals surface area (Å²) in [6.45, 7) is 7.15. The van der Waals surface area contributed by atoms with Crippen LogP contribution in [0.3, 0.4) is 0 Å². The third-order valence-corrected chi connectivity index (χ3v) is 4.18. The van der Waals surface area contributed by atoms with E-state index in [4.69, 9.17) is 5.73 Å². The van der Waals surface area contributed by atoms with E-state index in [0.717, 1.165) is 30.8 Å². The summed E-state index contributed by atoms with van der Waals surface area (Å²) in [7, 11) is 0. The van der Waals surface area contributed by atoms with Gasteiger partial charge in [-0.1, -0.05) is 26.0 Å². The molecule has 0 amide bonds. The van der Waals surface area contributed by atoms with Gasteiger partial charge in [0, 0.05) is 25.7 Å². The van der Waals surface area contributed by atoms with Crippen molar-refractivity contribution in [2.45, 2.75) is 26.1 Å². The second kappa shape index (κ2) is 5.74. The molecule has 0 saturated carbocycles. The van der Waals surface area contributed by atoms with Crippen molar-refractivity contribution < 1.29 is 13.2 Å². The number of halogens is 3. The van der Waals surface area contributed by atoms with Crippen LogP contribution in [0.4, 0.5) is 13.2 Å². The van der Waals surface area contributed by atoms with Gasteiger partial charge in [-0.2, -0.15) is 13.2 Å². The van der Waals surface area contributed by atoms with Gasteiger partial charge in [0.25, 0.3) is 0 Å². The van der Waals surface area contributed by atoms with Gasteiger partial charge in [0.15, 0.2) is 0 Å². The van der Waals surface area contributed by atoms with Crippen LogP contribution in [0.15, 0.2) is 24.3 Å². The normalized spacial score (nSPS) is 25.9. The Balaban J connectivity index is 1.98. The van der Waals surface area contributed by atoms with Gasteiger partial charge in [-0.15, -0.1) is 0 Å². The number of hydrogen-bond donors (Lipinski definition) is 1. The summed E-state index contributed by atoms with van der Waals surface area (Å²) in [6, 6.07) is 4.93. The Bertz CT molecular complexity index is 431. The number of alkyl halides is 3. The third-order valence-electron chi connectivity index (χ3n) is 4.18. The van der Waals surface area contributed by atoms with Gasteiger partial charge >= 0.3 is 6.18 Å². The Morgan fingerprint density at radius 3 is 2.10 bits per heavy atom. The molecule has 1 heterocycles. The Morgan fingerprint density at radius 1 is 1.15 bits per heavy atom. The first-order valence-corrected chi connectivity index (χ1v) is 6.92. The summed E-state index contributed by atoms with van der Waals surface area (Å²) >= 11 is 0. The smallest absolute Gasteiger partial charge is 0.323 e. The van der Waals surface area contributed by atoms with Gasteiger partial charge in [0.2, 0.25) is 0 Å². The van der Waals surface area contributed by atoms with Crippen LogP contribution in [-0.2, 0) is 6.18 Å². The lowest BCUT2D eigenvalue weighted by molar-refractivity contribution is -0.137. The predicted molar refractivity (Wildman–Crippen MR) is 73.1 cm³/mol. The molecule has 3 atom stereocenters. The lowest BCUT2D eigenvalue weighted by Crippen LogP contribution is -2.30. The van der Waals surface area contributed by atoms with Crippen LogP contribution < -0.4 is 5.73 Å². The highest BCUT2D eigenvalue weighted by Crippen LogP contribution is 2.30. The molecule has 0 bridgehead atoms. The van der Waals surface area contributed by atoms with Gasteiger partial charge in [0.05, 0.1) is 5.56 Å². The minimum Gasteiger partial charge on any atom is -0.323 e. The van der Waals surface area contributed by atoms with Crippen LogP contribution in [0.2, 0.25) is 0 Å². The van der Waals surface area contributed by atoms with E-state index in [9.17, 15) is 13.2 Å². The van der Waals surface area contributed by atoms with E-state index in [1.54, 1.807) is 0 Å². The number of rotatable bonds is 3. The molecular formula is C15H21F3N2. The first-order valence-electron chi connectivity index (χ1n) is 6.92. The number of nitrogens with zero attached hydrogens (tertiary/aromatic N) is 1. The number of nitrogens with two attached hydrogens (primary N) is 1. The summed E-state index contributed by atoms with van der Waals surface area (Å²) in [5.41, 5.74) is 6.23. The quantitative estimate of drug-likeness (QED) is 0.924. The lowest BCUT2D eigenvalue weighted by Gasteiger charge is -2.21. The average molecular weight is 286 g/mol. The highest BCUT2D eigenvalue weighted by molar-refractivity contribution is 5.26. The molecule has 1 aliphatic rings. The van der Waals surface area contributed by atoms with Crippen LogP contribution in [0.25, 0.3) is 0 Å². The standard InChI is InChI=1S/C15H21F3N2/c1-10-7-20(8-11(10)2)9-14(19)12-3-5-13(6-4-12)15(16,17)18/h3-6,10-11,14H,7-9,19H2,1-2H3. The molecule has 0 radical (unpaired) electrons. The van der Waals surface area contributed by atoms with E-state index in [2.05, 4.69) is 18.7 Å². The van der Waals surface area contributed by atoms with Crippen molar-refractivity contribution in [2.24, 2.45) is 17.6 Å². The molecule has 112 valence electrons. The summed E-state index contributed by atoms with van der Waals surface area (Å²) in [5.74, 6) is 1.30. The van der Waals surface area contributed by atoms with Gasteiger partial charge < -0.3 is 10.6 Å².